The van der Waals surface area contributed by atoms with Gasteiger partial charge in [-0.25, -0.2) is 0 Å². The highest BCUT2D eigenvalue weighted by molar-refractivity contribution is 5.94. The highest BCUT2D eigenvalue weighted by Gasteiger charge is 2.23. The molecule has 1 amide bonds. The summed E-state index contributed by atoms with van der Waals surface area (Å²) in [5.41, 5.74) is 0.584. The first-order valence-corrected chi connectivity index (χ1v) is 6.08. The molecule has 1 aromatic carbocycles. The fourth-order valence-corrected chi connectivity index (χ4v) is 1.48. The van der Waals surface area contributed by atoms with Crippen LogP contribution in [0.4, 0.5) is 0 Å². The molecule has 4 nitrogen and oxygen atoms in total. The van der Waals surface area contributed by atoms with Gasteiger partial charge < -0.3 is 10.1 Å². The molecule has 0 bridgehead atoms. The molecule has 0 saturated carbocycles. The molecule has 0 unspecified atom stereocenters. The van der Waals surface area contributed by atoms with Crippen LogP contribution in [0.3, 0.4) is 0 Å². The lowest BCUT2D eigenvalue weighted by atomic mass is 10.0. The summed E-state index contributed by atoms with van der Waals surface area (Å²) in [6.07, 6.45) is 0. The van der Waals surface area contributed by atoms with Gasteiger partial charge in [-0.1, -0.05) is 18.2 Å². The predicted octanol–water partition coefficient (Wildman–Crippen LogP) is 2.00. The molecule has 0 aliphatic carbocycles. The van der Waals surface area contributed by atoms with Gasteiger partial charge in [0.25, 0.3) is 5.91 Å². The van der Waals surface area contributed by atoms with Crippen LogP contribution in [-0.2, 0) is 9.53 Å². The lowest BCUT2D eigenvalue weighted by molar-refractivity contribution is -0.148. The third-order valence-electron chi connectivity index (χ3n) is 2.80. The van der Waals surface area contributed by atoms with Gasteiger partial charge in [-0.15, -0.1) is 0 Å². The van der Waals surface area contributed by atoms with Gasteiger partial charge in [0.15, 0.2) is 0 Å². The minimum atomic E-state index is -0.363. The maximum atomic E-state index is 11.9. The summed E-state index contributed by atoms with van der Waals surface area (Å²) in [5.74, 6) is -0.838. The van der Waals surface area contributed by atoms with Crippen molar-refractivity contribution in [3.05, 3.63) is 35.9 Å². The number of nitrogens with one attached hydrogen (secondary N) is 1. The Morgan fingerprint density at radius 1 is 1.22 bits per heavy atom. The molecular formula is C14H19NO3. The number of carbonyl (C=O) groups is 2. The van der Waals surface area contributed by atoms with Crippen LogP contribution in [0, 0.1) is 5.92 Å². The summed E-state index contributed by atoms with van der Waals surface area (Å²) in [6.45, 7) is 5.65. The van der Waals surface area contributed by atoms with E-state index >= 15 is 0 Å². The third kappa shape index (κ3) is 3.87. The van der Waals surface area contributed by atoms with E-state index in [-0.39, 0.29) is 23.8 Å². The number of amides is 1. The van der Waals surface area contributed by atoms with E-state index in [4.69, 9.17) is 4.74 Å². The Morgan fingerprint density at radius 2 is 1.83 bits per heavy atom. The van der Waals surface area contributed by atoms with Crippen LogP contribution >= 0.6 is 0 Å². The summed E-state index contributed by atoms with van der Waals surface area (Å²) in [5, 5.41) is 2.80. The molecular weight excluding hydrogens is 230 g/mol. The molecule has 0 radical (unpaired) electrons. The molecule has 18 heavy (non-hydrogen) atoms. The zero-order chi connectivity index (χ0) is 13.5. The SMILES string of the molecule is CCOC(=O)[C@@H](C)[C@@H](C)NC(=O)c1ccccc1. The van der Waals surface area contributed by atoms with E-state index in [9.17, 15) is 9.59 Å². The molecule has 4 heteroatoms. The van der Waals surface area contributed by atoms with E-state index in [1.807, 2.05) is 6.07 Å². The lowest BCUT2D eigenvalue weighted by Crippen LogP contribution is -2.40. The summed E-state index contributed by atoms with van der Waals surface area (Å²) >= 11 is 0. The second kappa shape index (κ2) is 6.79. The number of esters is 1. The van der Waals surface area contributed by atoms with Crippen molar-refractivity contribution in [1.82, 2.24) is 5.32 Å². The summed E-state index contributed by atoms with van der Waals surface area (Å²) in [4.78, 5) is 23.4. The molecule has 0 aliphatic heterocycles. The minimum absolute atomic E-state index is 0.181. The molecule has 1 rings (SSSR count). The minimum Gasteiger partial charge on any atom is -0.466 e. The fourth-order valence-electron chi connectivity index (χ4n) is 1.48. The summed E-state index contributed by atoms with van der Waals surface area (Å²) in [7, 11) is 0. The topological polar surface area (TPSA) is 55.4 Å². The highest BCUT2D eigenvalue weighted by atomic mass is 16.5. The normalized spacial score (nSPS) is 13.5. The maximum Gasteiger partial charge on any atom is 0.310 e. The molecule has 98 valence electrons. The average Bonchev–Trinajstić information content (AvgIpc) is 2.39. The standard InChI is InChI=1S/C14H19NO3/c1-4-18-14(17)10(2)11(3)15-13(16)12-8-6-5-7-9-12/h5-11H,4H2,1-3H3,(H,15,16)/t10-,11+/m0/s1. The van der Waals surface area contributed by atoms with E-state index in [0.717, 1.165) is 0 Å². The largest absolute Gasteiger partial charge is 0.466 e. The number of hydrogen-bond acceptors (Lipinski definition) is 3. The zero-order valence-corrected chi connectivity index (χ0v) is 11.0. The van der Waals surface area contributed by atoms with Crippen LogP contribution in [0.15, 0.2) is 30.3 Å². The van der Waals surface area contributed by atoms with Gasteiger partial charge in [-0.05, 0) is 32.9 Å². The monoisotopic (exact) mass is 249 g/mol. The van der Waals surface area contributed by atoms with E-state index in [1.54, 1.807) is 45.0 Å². The Kier molecular flexibility index (Phi) is 5.36. The van der Waals surface area contributed by atoms with Crippen LogP contribution in [0.2, 0.25) is 0 Å². The highest BCUT2D eigenvalue weighted by Crippen LogP contribution is 2.07. The molecule has 0 fully saturated rings. The molecule has 1 aromatic rings. The van der Waals surface area contributed by atoms with Gasteiger partial charge in [-0.2, -0.15) is 0 Å². The van der Waals surface area contributed by atoms with Crippen LogP contribution < -0.4 is 5.32 Å². The van der Waals surface area contributed by atoms with Gasteiger partial charge in [0, 0.05) is 11.6 Å². The number of carbonyl (C=O) groups excluding carboxylic acids is 2. The number of rotatable bonds is 5. The van der Waals surface area contributed by atoms with Crippen molar-refractivity contribution in [2.45, 2.75) is 26.8 Å². The first-order chi connectivity index (χ1) is 8.56. The smallest absolute Gasteiger partial charge is 0.310 e. The van der Waals surface area contributed by atoms with Gasteiger partial charge in [0.1, 0.15) is 0 Å². The van der Waals surface area contributed by atoms with Gasteiger partial charge >= 0.3 is 5.97 Å². The second-order valence-electron chi connectivity index (χ2n) is 4.17. The summed E-state index contributed by atoms with van der Waals surface area (Å²) < 4.78 is 4.92. The zero-order valence-electron chi connectivity index (χ0n) is 11.0. The Bertz CT molecular complexity index is 403. The van der Waals surface area contributed by atoms with E-state index in [2.05, 4.69) is 5.32 Å². The Balaban J connectivity index is 2.57. The first kappa shape index (κ1) is 14.2. The van der Waals surface area contributed by atoms with Crippen LogP contribution in [0.25, 0.3) is 0 Å². The predicted molar refractivity (Wildman–Crippen MR) is 69.2 cm³/mol. The van der Waals surface area contributed by atoms with Crippen molar-refractivity contribution in [3.8, 4) is 0 Å². The maximum absolute atomic E-state index is 11.9. The van der Waals surface area contributed by atoms with Gasteiger partial charge in [-0.3, -0.25) is 9.59 Å². The van der Waals surface area contributed by atoms with E-state index in [1.165, 1.54) is 0 Å². The molecule has 0 saturated heterocycles. The molecule has 0 spiro atoms. The summed E-state index contributed by atoms with van der Waals surface area (Å²) in [6, 6.07) is 8.65. The number of benzene rings is 1. The van der Waals surface area contributed by atoms with E-state index in [0.29, 0.717) is 12.2 Å². The Labute approximate surface area is 107 Å². The lowest BCUT2D eigenvalue weighted by Gasteiger charge is -2.19. The number of ether oxygens (including phenoxy) is 1. The molecule has 1 N–H and O–H groups in total. The first-order valence-electron chi connectivity index (χ1n) is 6.08. The van der Waals surface area contributed by atoms with Gasteiger partial charge in [0.05, 0.1) is 12.5 Å². The van der Waals surface area contributed by atoms with Crippen LogP contribution in [0.5, 0.6) is 0 Å². The third-order valence-corrected chi connectivity index (χ3v) is 2.80. The van der Waals surface area contributed by atoms with Crippen molar-refractivity contribution in [3.63, 3.8) is 0 Å². The van der Waals surface area contributed by atoms with Crippen LogP contribution in [0.1, 0.15) is 31.1 Å². The molecule has 2 atom stereocenters. The van der Waals surface area contributed by atoms with Crippen molar-refractivity contribution >= 4 is 11.9 Å². The van der Waals surface area contributed by atoms with Crippen molar-refractivity contribution in [2.75, 3.05) is 6.61 Å². The fraction of sp³-hybridized carbons (Fsp3) is 0.429. The van der Waals surface area contributed by atoms with Crippen LogP contribution in [-0.4, -0.2) is 24.5 Å². The molecule has 0 heterocycles. The van der Waals surface area contributed by atoms with Crippen molar-refractivity contribution < 1.29 is 14.3 Å². The molecule has 0 aliphatic rings. The quantitative estimate of drug-likeness (QED) is 0.812. The van der Waals surface area contributed by atoms with E-state index < -0.39 is 0 Å². The average molecular weight is 249 g/mol. The van der Waals surface area contributed by atoms with Crippen molar-refractivity contribution in [1.29, 1.82) is 0 Å². The molecule has 0 aromatic heterocycles. The Morgan fingerprint density at radius 3 is 2.39 bits per heavy atom. The number of hydrogen-bond donors (Lipinski definition) is 1. The second-order valence-corrected chi connectivity index (χ2v) is 4.17. The Hall–Kier alpha value is -1.84. The van der Waals surface area contributed by atoms with Crippen molar-refractivity contribution in [2.24, 2.45) is 5.92 Å². The van der Waals surface area contributed by atoms with Gasteiger partial charge in [0.2, 0.25) is 0 Å².